The summed E-state index contributed by atoms with van der Waals surface area (Å²) < 4.78 is 11.4. The van der Waals surface area contributed by atoms with Crippen LogP contribution in [-0.4, -0.2) is 53.2 Å². The van der Waals surface area contributed by atoms with Gasteiger partial charge in [0.25, 0.3) is 0 Å². The van der Waals surface area contributed by atoms with Gasteiger partial charge in [0.1, 0.15) is 11.9 Å². The second-order valence-corrected chi connectivity index (χ2v) is 7.37. The van der Waals surface area contributed by atoms with Crippen molar-refractivity contribution in [3.05, 3.63) is 35.3 Å². The van der Waals surface area contributed by atoms with Gasteiger partial charge in [-0.1, -0.05) is 5.16 Å². The number of pyridine rings is 1. The van der Waals surface area contributed by atoms with Crippen molar-refractivity contribution in [2.45, 2.75) is 45.6 Å². The molecule has 0 bridgehead atoms. The van der Waals surface area contributed by atoms with E-state index in [1.54, 1.807) is 0 Å². The van der Waals surface area contributed by atoms with Crippen LogP contribution in [-0.2, 0) is 11.2 Å². The smallest absolute Gasteiger partial charge is 0.227 e. The number of aryl methyl sites for hydroxylation is 2. The summed E-state index contributed by atoms with van der Waals surface area (Å²) >= 11 is 0. The van der Waals surface area contributed by atoms with Gasteiger partial charge in [0, 0.05) is 37.8 Å². The molecular weight excluding hydrogens is 344 g/mol. The van der Waals surface area contributed by atoms with Crippen LogP contribution in [0.25, 0.3) is 0 Å². The first-order valence-electron chi connectivity index (χ1n) is 9.68. The van der Waals surface area contributed by atoms with E-state index in [9.17, 15) is 4.79 Å². The summed E-state index contributed by atoms with van der Waals surface area (Å²) in [5, 5.41) is 3.93. The minimum Gasteiger partial charge on any atom is -0.485 e. The molecule has 1 amide bonds. The Hall–Kier alpha value is -2.57. The number of anilines is 1. The fourth-order valence-electron chi connectivity index (χ4n) is 3.89. The molecule has 0 spiro atoms. The maximum atomic E-state index is 12.7. The molecule has 2 aromatic heterocycles. The highest BCUT2D eigenvalue weighted by Gasteiger charge is 2.30. The third-order valence-corrected chi connectivity index (χ3v) is 5.46. The molecule has 7 heteroatoms. The third-order valence-electron chi connectivity index (χ3n) is 5.46. The largest absolute Gasteiger partial charge is 0.485 e. The quantitative estimate of drug-likeness (QED) is 0.805. The molecule has 7 nitrogen and oxygen atoms in total. The Morgan fingerprint density at radius 1 is 1.30 bits per heavy atom. The maximum absolute atomic E-state index is 12.7. The monoisotopic (exact) mass is 370 g/mol. The maximum Gasteiger partial charge on any atom is 0.227 e. The molecule has 0 saturated carbocycles. The van der Waals surface area contributed by atoms with Crippen LogP contribution < -0.4 is 9.64 Å². The summed E-state index contributed by atoms with van der Waals surface area (Å²) in [6.45, 7) is 7.10. The predicted molar refractivity (Wildman–Crippen MR) is 101 cm³/mol. The van der Waals surface area contributed by atoms with Gasteiger partial charge < -0.3 is 19.1 Å². The molecule has 27 heavy (non-hydrogen) atoms. The van der Waals surface area contributed by atoms with Crippen molar-refractivity contribution in [2.75, 3.05) is 31.1 Å². The summed E-state index contributed by atoms with van der Waals surface area (Å²) in [6, 6.07) is 3.89. The van der Waals surface area contributed by atoms with E-state index < -0.39 is 0 Å². The Kier molecular flexibility index (Phi) is 5.01. The third kappa shape index (κ3) is 3.77. The second kappa shape index (κ2) is 7.58. The zero-order chi connectivity index (χ0) is 18.8. The zero-order valence-electron chi connectivity index (χ0n) is 16.0. The molecule has 144 valence electrons. The van der Waals surface area contributed by atoms with Crippen molar-refractivity contribution in [3.8, 4) is 5.75 Å². The van der Waals surface area contributed by atoms with Gasteiger partial charge >= 0.3 is 0 Å². The first kappa shape index (κ1) is 17.8. The van der Waals surface area contributed by atoms with Crippen molar-refractivity contribution in [1.82, 2.24) is 15.0 Å². The van der Waals surface area contributed by atoms with Crippen LogP contribution in [0.1, 0.15) is 36.3 Å². The summed E-state index contributed by atoms with van der Waals surface area (Å²) in [6.07, 6.45) is 5.38. The van der Waals surface area contributed by atoms with Gasteiger partial charge in [0.2, 0.25) is 5.91 Å². The highest BCUT2D eigenvalue weighted by molar-refractivity contribution is 5.79. The lowest BCUT2D eigenvalue weighted by Gasteiger charge is -2.22. The Morgan fingerprint density at radius 2 is 2.11 bits per heavy atom. The number of nitrogens with zero attached hydrogens (tertiary/aromatic N) is 4. The number of hydrogen-bond acceptors (Lipinski definition) is 6. The molecule has 2 saturated heterocycles. The molecule has 4 heterocycles. The normalized spacial score (nSPS) is 19.7. The molecule has 0 radical (unpaired) electrons. The Labute approximate surface area is 159 Å². The number of hydrogen-bond donors (Lipinski definition) is 0. The molecule has 2 fully saturated rings. The molecule has 1 atom stereocenters. The molecule has 0 unspecified atom stereocenters. The molecule has 2 aliphatic heterocycles. The van der Waals surface area contributed by atoms with Gasteiger partial charge in [-0.2, -0.15) is 0 Å². The fourth-order valence-corrected chi connectivity index (χ4v) is 3.89. The van der Waals surface area contributed by atoms with Gasteiger partial charge in [-0.15, -0.1) is 0 Å². The van der Waals surface area contributed by atoms with Gasteiger partial charge in [-0.25, -0.2) is 4.98 Å². The van der Waals surface area contributed by atoms with Gasteiger partial charge in [0.15, 0.2) is 11.6 Å². The zero-order valence-corrected chi connectivity index (χ0v) is 16.0. The molecule has 0 aliphatic carbocycles. The number of rotatable bonds is 5. The van der Waals surface area contributed by atoms with Crippen LogP contribution in [0.4, 0.5) is 5.82 Å². The van der Waals surface area contributed by atoms with Gasteiger partial charge in [0.05, 0.1) is 18.7 Å². The van der Waals surface area contributed by atoms with Crippen LogP contribution in [0.3, 0.4) is 0 Å². The minimum atomic E-state index is 0.00386. The average molecular weight is 370 g/mol. The second-order valence-electron chi connectivity index (χ2n) is 7.37. The molecule has 0 N–H and O–H groups in total. The summed E-state index contributed by atoms with van der Waals surface area (Å²) in [5.74, 6) is 2.57. The van der Waals surface area contributed by atoms with Crippen molar-refractivity contribution in [1.29, 1.82) is 0 Å². The fraction of sp³-hybridized carbons (Fsp3) is 0.550. The SMILES string of the molecule is Cc1noc(C)c1CC(=O)N1CC[C@H](Oc2cccnc2N2CCCC2)C1. The van der Waals surface area contributed by atoms with Crippen molar-refractivity contribution in [3.63, 3.8) is 0 Å². The van der Waals surface area contributed by atoms with Crippen LogP contribution in [0.15, 0.2) is 22.9 Å². The van der Waals surface area contributed by atoms with Gasteiger partial charge in [-0.3, -0.25) is 4.79 Å². The molecule has 2 aromatic rings. The summed E-state index contributed by atoms with van der Waals surface area (Å²) in [4.78, 5) is 21.4. The predicted octanol–water partition coefficient (Wildman–Crippen LogP) is 2.51. The van der Waals surface area contributed by atoms with E-state index in [1.165, 1.54) is 12.8 Å². The lowest BCUT2D eigenvalue weighted by Crippen LogP contribution is -2.32. The van der Waals surface area contributed by atoms with Crippen LogP contribution in [0.2, 0.25) is 0 Å². The number of likely N-dealkylation sites (tertiary alicyclic amines) is 1. The lowest BCUT2D eigenvalue weighted by atomic mass is 10.1. The number of ether oxygens (including phenoxy) is 1. The van der Waals surface area contributed by atoms with Crippen molar-refractivity contribution < 1.29 is 14.1 Å². The van der Waals surface area contributed by atoms with Crippen molar-refractivity contribution in [2.24, 2.45) is 0 Å². The molecule has 4 rings (SSSR count). The number of carbonyl (C=O) groups excluding carboxylic acids is 1. The van der Waals surface area contributed by atoms with Crippen LogP contribution in [0, 0.1) is 13.8 Å². The summed E-state index contributed by atoms with van der Waals surface area (Å²) in [5.41, 5.74) is 1.69. The average Bonchev–Trinajstić information content (AvgIpc) is 3.41. The highest BCUT2D eigenvalue weighted by atomic mass is 16.5. The van der Waals surface area contributed by atoms with E-state index in [-0.39, 0.29) is 12.0 Å². The standard InChI is InChI=1S/C20H26N4O3/c1-14-17(15(2)27-22-14)12-19(25)24-11-7-16(13-24)26-18-6-5-8-21-20(18)23-9-3-4-10-23/h5-6,8,16H,3-4,7,9-13H2,1-2H3/t16-/m0/s1. The van der Waals surface area contributed by atoms with Crippen LogP contribution >= 0.6 is 0 Å². The van der Waals surface area contributed by atoms with E-state index in [0.29, 0.717) is 19.5 Å². The van der Waals surface area contributed by atoms with E-state index in [4.69, 9.17) is 9.26 Å². The first-order valence-corrected chi connectivity index (χ1v) is 9.68. The van der Waals surface area contributed by atoms with E-state index in [1.807, 2.05) is 37.1 Å². The van der Waals surface area contributed by atoms with Crippen molar-refractivity contribution >= 4 is 11.7 Å². The minimum absolute atomic E-state index is 0.00386. The molecule has 2 aliphatic rings. The Morgan fingerprint density at radius 3 is 2.85 bits per heavy atom. The van der Waals surface area contributed by atoms with E-state index in [2.05, 4.69) is 15.0 Å². The first-order chi connectivity index (χ1) is 13.1. The Bertz CT molecular complexity index is 794. The Balaban J connectivity index is 1.38. The molecular formula is C20H26N4O3. The summed E-state index contributed by atoms with van der Waals surface area (Å²) in [7, 11) is 0. The number of amides is 1. The number of aromatic nitrogens is 2. The van der Waals surface area contributed by atoms with Gasteiger partial charge in [-0.05, 0) is 38.8 Å². The lowest BCUT2D eigenvalue weighted by molar-refractivity contribution is -0.129. The topological polar surface area (TPSA) is 71.7 Å². The molecule has 0 aromatic carbocycles. The number of carbonyl (C=O) groups is 1. The van der Waals surface area contributed by atoms with E-state index in [0.717, 1.165) is 48.1 Å². The van der Waals surface area contributed by atoms with Crippen LogP contribution in [0.5, 0.6) is 5.75 Å². The highest BCUT2D eigenvalue weighted by Crippen LogP contribution is 2.30. The van der Waals surface area contributed by atoms with E-state index >= 15 is 0 Å².